The van der Waals surface area contributed by atoms with E-state index < -0.39 is 0 Å². The van der Waals surface area contributed by atoms with Crippen LogP contribution in [-0.2, 0) is 20.3 Å². The summed E-state index contributed by atoms with van der Waals surface area (Å²) in [5, 5.41) is 5.53. The van der Waals surface area contributed by atoms with Crippen LogP contribution in [0.5, 0.6) is 23.0 Å². The SMILES string of the molecule is CC.CC#Cc1c(OC)ccc2c(C(=O)c3cc(OC)c(OC)c(OC)c3)nn(C[N+](C)(C)Cc3nc(N)n(C)c3C)c12. The minimum Gasteiger partial charge on any atom is -0.495 e. The fourth-order valence-electron chi connectivity index (χ4n) is 4.92. The number of ether oxygens (including phenoxy) is 4. The van der Waals surface area contributed by atoms with Gasteiger partial charge >= 0.3 is 0 Å². The number of ketones is 1. The lowest BCUT2D eigenvalue weighted by molar-refractivity contribution is -0.926. The van der Waals surface area contributed by atoms with Gasteiger partial charge in [0.15, 0.2) is 18.2 Å². The van der Waals surface area contributed by atoms with Crippen LogP contribution in [0.25, 0.3) is 10.9 Å². The fourth-order valence-corrected chi connectivity index (χ4v) is 4.92. The Morgan fingerprint density at radius 3 is 2.09 bits per heavy atom. The first-order chi connectivity index (χ1) is 20.5. The summed E-state index contributed by atoms with van der Waals surface area (Å²) in [5.41, 5.74) is 9.93. The van der Waals surface area contributed by atoms with Crippen LogP contribution in [0.2, 0.25) is 0 Å². The van der Waals surface area contributed by atoms with Gasteiger partial charge in [0.25, 0.3) is 0 Å². The van der Waals surface area contributed by atoms with Gasteiger partial charge in [-0.05, 0) is 38.1 Å². The maximum atomic E-state index is 14.0. The van der Waals surface area contributed by atoms with Gasteiger partial charge in [0.1, 0.15) is 23.7 Å². The van der Waals surface area contributed by atoms with E-state index in [-0.39, 0.29) is 11.5 Å². The number of carbonyl (C=O) groups is 1. The van der Waals surface area contributed by atoms with Crippen LogP contribution >= 0.6 is 0 Å². The molecule has 2 aromatic carbocycles. The van der Waals surface area contributed by atoms with Gasteiger partial charge < -0.3 is 33.7 Å². The zero-order valence-electron chi connectivity index (χ0n) is 27.1. The highest BCUT2D eigenvalue weighted by atomic mass is 16.5. The summed E-state index contributed by atoms with van der Waals surface area (Å²) in [6, 6.07) is 6.89. The number of aromatic nitrogens is 4. The number of anilines is 1. The molecule has 0 aliphatic rings. The van der Waals surface area contributed by atoms with E-state index in [1.54, 1.807) is 32.2 Å². The van der Waals surface area contributed by atoms with Crippen LogP contribution < -0.4 is 24.7 Å². The van der Waals surface area contributed by atoms with Crippen LogP contribution in [0.1, 0.15) is 53.8 Å². The minimum absolute atomic E-state index is 0.273. The van der Waals surface area contributed by atoms with Crippen molar-refractivity contribution in [3.63, 3.8) is 0 Å². The van der Waals surface area contributed by atoms with Crippen molar-refractivity contribution >= 4 is 22.6 Å². The lowest BCUT2D eigenvalue weighted by atomic mass is 10.0. The zero-order valence-corrected chi connectivity index (χ0v) is 27.1. The summed E-state index contributed by atoms with van der Waals surface area (Å²) in [6.45, 7) is 8.76. The lowest BCUT2D eigenvalue weighted by Gasteiger charge is -2.29. The first-order valence-corrected chi connectivity index (χ1v) is 13.9. The number of carbonyl (C=O) groups excluding carboxylic acids is 1. The van der Waals surface area contributed by atoms with Gasteiger partial charge in [-0.2, -0.15) is 5.10 Å². The molecule has 2 N–H and O–H groups in total. The molecule has 0 atom stereocenters. The van der Waals surface area contributed by atoms with Crippen molar-refractivity contribution in [2.24, 2.45) is 7.05 Å². The fraction of sp³-hybridized carbons (Fsp3) is 0.406. The average Bonchev–Trinajstić information content (AvgIpc) is 3.48. The molecule has 0 amide bonds. The molecule has 0 radical (unpaired) electrons. The van der Waals surface area contributed by atoms with Crippen LogP contribution in [0, 0.1) is 18.8 Å². The Bertz CT molecular complexity index is 1660. The normalized spacial score (nSPS) is 10.9. The summed E-state index contributed by atoms with van der Waals surface area (Å²) in [5.74, 6) is 8.05. The molecule has 0 aliphatic heterocycles. The monoisotopic (exact) mass is 591 g/mol. The maximum Gasteiger partial charge on any atom is 0.214 e. The van der Waals surface area contributed by atoms with E-state index in [0.29, 0.717) is 68.7 Å². The Morgan fingerprint density at radius 2 is 1.60 bits per heavy atom. The molecule has 0 spiro atoms. The van der Waals surface area contributed by atoms with Gasteiger partial charge in [-0.3, -0.25) is 4.79 Å². The predicted octanol–water partition coefficient (Wildman–Crippen LogP) is 4.56. The van der Waals surface area contributed by atoms with E-state index >= 15 is 0 Å². The Balaban J connectivity index is 0.00000248. The van der Waals surface area contributed by atoms with E-state index in [2.05, 4.69) is 30.9 Å². The van der Waals surface area contributed by atoms with Gasteiger partial charge in [0.2, 0.25) is 17.5 Å². The average molecular weight is 592 g/mol. The zero-order chi connectivity index (χ0) is 32.1. The molecule has 0 fully saturated rings. The lowest BCUT2D eigenvalue weighted by Crippen LogP contribution is -2.41. The number of imidazole rings is 1. The molecule has 0 aliphatic carbocycles. The molecule has 43 heavy (non-hydrogen) atoms. The second-order valence-electron chi connectivity index (χ2n) is 10.3. The molecule has 4 rings (SSSR count). The number of rotatable bonds is 10. The van der Waals surface area contributed by atoms with Crippen molar-refractivity contribution in [1.29, 1.82) is 0 Å². The summed E-state index contributed by atoms with van der Waals surface area (Å²) < 4.78 is 26.2. The van der Waals surface area contributed by atoms with Crippen molar-refractivity contribution in [3.8, 4) is 34.8 Å². The number of methoxy groups -OCH3 is 4. The van der Waals surface area contributed by atoms with E-state index in [0.717, 1.165) is 11.4 Å². The molecule has 4 aromatic rings. The second kappa shape index (κ2) is 13.5. The topological polar surface area (TPSA) is 116 Å². The number of nitrogen functional groups attached to an aromatic ring is 1. The summed E-state index contributed by atoms with van der Waals surface area (Å²) >= 11 is 0. The van der Waals surface area contributed by atoms with Crippen LogP contribution in [-0.4, -0.2) is 72.1 Å². The van der Waals surface area contributed by atoms with Crippen LogP contribution in [0.3, 0.4) is 0 Å². The minimum atomic E-state index is -0.299. The van der Waals surface area contributed by atoms with E-state index in [1.165, 1.54) is 21.3 Å². The molecule has 0 bridgehead atoms. The third-order valence-corrected chi connectivity index (χ3v) is 7.09. The molecule has 0 saturated heterocycles. The van der Waals surface area contributed by atoms with Gasteiger partial charge in [-0.15, -0.1) is 5.92 Å². The number of nitrogens with two attached hydrogens (primary N) is 1. The van der Waals surface area contributed by atoms with Gasteiger partial charge in [-0.1, -0.05) is 19.8 Å². The number of benzene rings is 2. The number of fused-ring (bicyclic) bond motifs is 1. The number of nitrogens with zero attached hydrogens (tertiary/aromatic N) is 5. The van der Waals surface area contributed by atoms with E-state index in [1.807, 2.05) is 43.1 Å². The molecule has 11 heteroatoms. The Kier molecular flexibility index (Phi) is 10.3. The summed E-state index contributed by atoms with van der Waals surface area (Å²) in [4.78, 5) is 18.6. The third-order valence-electron chi connectivity index (χ3n) is 7.09. The maximum absolute atomic E-state index is 14.0. The largest absolute Gasteiger partial charge is 0.495 e. The number of hydrogen-bond acceptors (Lipinski definition) is 8. The Labute approximate surface area is 253 Å². The molecule has 0 saturated carbocycles. The molecule has 2 heterocycles. The molecular formula is C32H43N6O5+. The van der Waals surface area contributed by atoms with Crippen molar-refractivity contribution < 1.29 is 28.2 Å². The first-order valence-electron chi connectivity index (χ1n) is 13.9. The van der Waals surface area contributed by atoms with E-state index in [9.17, 15) is 4.79 Å². The second-order valence-corrected chi connectivity index (χ2v) is 10.3. The predicted molar refractivity (Wildman–Crippen MR) is 168 cm³/mol. The first kappa shape index (κ1) is 32.8. The highest BCUT2D eigenvalue weighted by Crippen LogP contribution is 2.39. The van der Waals surface area contributed by atoms with Gasteiger partial charge in [0.05, 0.1) is 53.6 Å². The van der Waals surface area contributed by atoms with Crippen molar-refractivity contribution in [2.45, 2.75) is 40.9 Å². The quantitative estimate of drug-likeness (QED) is 0.162. The molecule has 2 aromatic heterocycles. The Hall–Kier alpha value is -4.69. The third kappa shape index (κ3) is 6.39. The molecule has 0 unspecified atom stereocenters. The highest BCUT2D eigenvalue weighted by Gasteiger charge is 2.28. The number of quaternary nitrogens is 1. The highest BCUT2D eigenvalue weighted by molar-refractivity contribution is 6.16. The smallest absolute Gasteiger partial charge is 0.214 e. The van der Waals surface area contributed by atoms with Crippen LogP contribution in [0.15, 0.2) is 24.3 Å². The van der Waals surface area contributed by atoms with Crippen LogP contribution in [0.4, 0.5) is 5.95 Å². The van der Waals surface area contributed by atoms with Crippen molar-refractivity contribution in [1.82, 2.24) is 19.3 Å². The standard InChI is InChI=1S/C30H37N6O5.C2H6/c1-10-11-20-23(38-6)13-12-21-26(28(37)19-14-24(39-7)29(41-9)25(15-19)40-8)33-35(27(20)21)17-36(4,5)16-22-18(2)34(3)30(31)32-22;1-2/h12-15H,16-17H2,1-9H3,(H2,31,32);1-2H3/q+1;. The van der Waals surface area contributed by atoms with Gasteiger partial charge in [-0.25, -0.2) is 9.67 Å². The molecular weight excluding hydrogens is 548 g/mol. The summed E-state index contributed by atoms with van der Waals surface area (Å²) in [6.07, 6.45) is 0. The Morgan fingerprint density at radius 1 is 1.00 bits per heavy atom. The van der Waals surface area contributed by atoms with Crippen molar-refractivity contribution in [3.05, 3.63) is 52.5 Å². The number of hydrogen-bond donors (Lipinski definition) is 1. The summed E-state index contributed by atoms with van der Waals surface area (Å²) in [7, 11) is 12.2. The molecule has 230 valence electrons. The van der Waals surface area contributed by atoms with Gasteiger partial charge in [0, 0.05) is 23.7 Å². The van der Waals surface area contributed by atoms with Crippen molar-refractivity contribution in [2.75, 3.05) is 48.3 Å². The van der Waals surface area contributed by atoms with E-state index in [4.69, 9.17) is 29.8 Å². The molecule has 11 nitrogen and oxygen atoms in total.